The number of carbonyl (C=O) groups excluding carboxylic acids is 1. The summed E-state index contributed by atoms with van der Waals surface area (Å²) in [7, 11) is 0. The van der Waals surface area contributed by atoms with E-state index in [1.807, 2.05) is 36.1 Å². The monoisotopic (exact) mass is 257 g/mol. The third kappa shape index (κ3) is 2.23. The van der Waals surface area contributed by atoms with Gasteiger partial charge in [0.05, 0.1) is 0 Å². The molecule has 5 heteroatoms. The van der Waals surface area contributed by atoms with Crippen molar-refractivity contribution in [3.05, 3.63) is 47.6 Å². The zero-order chi connectivity index (χ0) is 13.2. The van der Waals surface area contributed by atoms with E-state index in [0.717, 1.165) is 24.1 Å². The van der Waals surface area contributed by atoms with Gasteiger partial charge in [0.15, 0.2) is 5.82 Å². The first-order chi connectivity index (χ1) is 9.25. The summed E-state index contributed by atoms with van der Waals surface area (Å²) in [5.74, 6) is 0.968. The molecule has 19 heavy (non-hydrogen) atoms. The van der Waals surface area contributed by atoms with E-state index in [0.29, 0.717) is 12.4 Å². The molecule has 0 unspecified atom stereocenters. The first kappa shape index (κ1) is 11.9. The third-order valence-corrected chi connectivity index (χ3v) is 3.59. The topological polar surface area (TPSA) is 59.2 Å². The minimum Gasteiger partial charge on any atom is -0.343 e. The lowest BCUT2D eigenvalue weighted by Gasteiger charge is -2.17. The Labute approximate surface area is 111 Å². The van der Waals surface area contributed by atoms with Crippen molar-refractivity contribution < 1.29 is 9.32 Å². The van der Waals surface area contributed by atoms with Crippen molar-refractivity contribution in [3.63, 3.8) is 0 Å². The van der Waals surface area contributed by atoms with Gasteiger partial charge in [0, 0.05) is 24.6 Å². The fourth-order valence-corrected chi connectivity index (χ4v) is 2.50. The van der Waals surface area contributed by atoms with Gasteiger partial charge in [0.1, 0.15) is 0 Å². The van der Waals surface area contributed by atoms with E-state index in [-0.39, 0.29) is 11.8 Å². The lowest BCUT2D eigenvalue weighted by Crippen LogP contribution is -2.29. The number of rotatable bonds is 2. The predicted octanol–water partition coefficient (Wildman–Crippen LogP) is 2.01. The van der Waals surface area contributed by atoms with Gasteiger partial charge in [-0.05, 0) is 25.0 Å². The van der Waals surface area contributed by atoms with E-state index < -0.39 is 0 Å². The van der Waals surface area contributed by atoms with Gasteiger partial charge in [-0.1, -0.05) is 23.4 Å². The molecular weight excluding hydrogens is 242 g/mol. The lowest BCUT2D eigenvalue weighted by molar-refractivity contribution is 0.0789. The average molecular weight is 257 g/mol. The van der Waals surface area contributed by atoms with Gasteiger partial charge in [-0.2, -0.15) is 4.98 Å². The fraction of sp³-hybridized carbons (Fsp3) is 0.357. The first-order valence-electron chi connectivity index (χ1n) is 6.37. The maximum Gasteiger partial charge on any atom is 0.254 e. The SMILES string of the molecule is Cc1ccccc1C(=O)N1CC[C@H](c2ncon2)C1. The molecule has 1 aliphatic rings. The van der Waals surface area contributed by atoms with Crippen LogP contribution in [-0.4, -0.2) is 34.0 Å². The van der Waals surface area contributed by atoms with Crippen molar-refractivity contribution in [1.82, 2.24) is 15.0 Å². The van der Waals surface area contributed by atoms with Crippen LogP contribution in [0.3, 0.4) is 0 Å². The van der Waals surface area contributed by atoms with Gasteiger partial charge in [0.25, 0.3) is 5.91 Å². The highest BCUT2D eigenvalue weighted by Crippen LogP contribution is 2.26. The Morgan fingerprint density at radius 1 is 1.42 bits per heavy atom. The molecule has 1 fully saturated rings. The molecule has 0 aliphatic carbocycles. The van der Waals surface area contributed by atoms with Crippen LogP contribution in [0.1, 0.15) is 34.1 Å². The number of hydrogen-bond donors (Lipinski definition) is 0. The van der Waals surface area contributed by atoms with E-state index in [1.165, 1.54) is 6.39 Å². The largest absolute Gasteiger partial charge is 0.343 e. The molecule has 1 aliphatic heterocycles. The minimum atomic E-state index is 0.0871. The van der Waals surface area contributed by atoms with Crippen LogP contribution in [-0.2, 0) is 0 Å². The van der Waals surface area contributed by atoms with Crippen molar-refractivity contribution in [1.29, 1.82) is 0 Å². The second-order valence-electron chi connectivity index (χ2n) is 4.84. The first-order valence-corrected chi connectivity index (χ1v) is 6.37. The molecule has 1 amide bonds. The highest BCUT2D eigenvalue weighted by Gasteiger charge is 2.30. The Balaban J connectivity index is 1.75. The second-order valence-corrected chi connectivity index (χ2v) is 4.84. The van der Waals surface area contributed by atoms with Crippen LogP contribution in [0.4, 0.5) is 0 Å². The smallest absolute Gasteiger partial charge is 0.254 e. The van der Waals surface area contributed by atoms with E-state index in [2.05, 4.69) is 10.1 Å². The number of aryl methyl sites for hydroxylation is 1. The maximum atomic E-state index is 12.4. The fourth-order valence-electron chi connectivity index (χ4n) is 2.50. The predicted molar refractivity (Wildman–Crippen MR) is 68.7 cm³/mol. The van der Waals surface area contributed by atoms with Gasteiger partial charge < -0.3 is 9.42 Å². The number of amides is 1. The molecule has 0 saturated carbocycles. The zero-order valence-corrected chi connectivity index (χ0v) is 10.7. The highest BCUT2D eigenvalue weighted by atomic mass is 16.5. The molecule has 0 bridgehead atoms. The van der Waals surface area contributed by atoms with Crippen molar-refractivity contribution in [2.24, 2.45) is 0 Å². The van der Waals surface area contributed by atoms with E-state index >= 15 is 0 Å². The zero-order valence-electron chi connectivity index (χ0n) is 10.7. The molecular formula is C14H15N3O2. The summed E-state index contributed by atoms with van der Waals surface area (Å²) in [6.07, 6.45) is 2.22. The number of nitrogens with zero attached hydrogens (tertiary/aromatic N) is 3. The third-order valence-electron chi connectivity index (χ3n) is 3.59. The quantitative estimate of drug-likeness (QED) is 0.825. The van der Waals surface area contributed by atoms with E-state index in [1.54, 1.807) is 0 Å². The normalized spacial score (nSPS) is 18.8. The van der Waals surface area contributed by atoms with Gasteiger partial charge in [-0.3, -0.25) is 4.79 Å². The van der Waals surface area contributed by atoms with Gasteiger partial charge in [-0.25, -0.2) is 0 Å². The Bertz CT molecular complexity index is 580. The van der Waals surface area contributed by atoms with Crippen LogP contribution in [0.15, 0.2) is 35.2 Å². The summed E-state index contributed by atoms with van der Waals surface area (Å²) < 4.78 is 4.76. The van der Waals surface area contributed by atoms with Gasteiger partial charge in [-0.15, -0.1) is 0 Å². The second kappa shape index (κ2) is 4.84. The van der Waals surface area contributed by atoms with Crippen molar-refractivity contribution >= 4 is 5.91 Å². The lowest BCUT2D eigenvalue weighted by atomic mass is 10.1. The highest BCUT2D eigenvalue weighted by molar-refractivity contribution is 5.95. The molecule has 3 rings (SSSR count). The van der Waals surface area contributed by atoms with Crippen molar-refractivity contribution in [2.75, 3.05) is 13.1 Å². The number of benzene rings is 1. The summed E-state index contributed by atoms with van der Waals surface area (Å²) in [5.41, 5.74) is 1.78. The molecule has 98 valence electrons. The van der Waals surface area contributed by atoms with Crippen LogP contribution >= 0.6 is 0 Å². The van der Waals surface area contributed by atoms with Crippen LogP contribution < -0.4 is 0 Å². The molecule has 5 nitrogen and oxygen atoms in total. The number of aromatic nitrogens is 2. The van der Waals surface area contributed by atoms with Gasteiger partial charge >= 0.3 is 0 Å². The maximum absolute atomic E-state index is 12.4. The molecule has 1 aromatic heterocycles. The Morgan fingerprint density at radius 3 is 3.00 bits per heavy atom. The van der Waals surface area contributed by atoms with Crippen LogP contribution in [0.2, 0.25) is 0 Å². The van der Waals surface area contributed by atoms with Gasteiger partial charge in [0.2, 0.25) is 6.39 Å². The molecule has 0 N–H and O–H groups in total. The molecule has 1 aromatic carbocycles. The van der Waals surface area contributed by atoms with Crippen molar-refractivity contribution in [3.8, 4) is 0 Å². The summed E-state index contributed by atoms with van der Waals surface area (Å²) in [6, 6.07) is 7.67. The molecule has 1 saturated heterocycles. The van der Waals surface area contributed by atoms with Crippen LogP contribution in [0.5, 0.6) is 0 Å². The summed E-state index contributed by atoms with van der Waals surface area (Å²) in [5, 5.41) is 3.86. The standard InChI is InChI=1S/C14H15N3O2/c1-10-4-2-3-5-12(10)14(18)17-7-6-11(8-17)13-15-9-19-16-13/h2-5,9,11H,6-8H2,1H3/t11-/m0/s1. The number of hydrogen-bond acceptors (Lipinski definition) is 4. The Hall–Kier alpha value is -2.17. The molecule has 2 aromatic rings. The Kier molecular flexibility index (Phi) is 3.03. The molecule has 1 atom stereocenters. The van der Waals surface area contributed by atoms with E-state index in [4.69, 9.17) is 4.52 Å². The van der Waals surface area contributed by atoms with Crippen LogP contribution in [0, 0.1) is 6.92 Å². The van der Waals surface area contributed by atoms with Crippen LogP contribution in [0.25, 0.3) is 0 Å². The van der Waals surface area contributed by atoms with Crippen molar-refractivity contribution in [2.45, 2.75) is 19.3 Å². The minimum absolute atomic E-state index is 0.0871. The van der Waals surface area contributed by atoms with E-state index in [9.17, 15) is 4.79 Å². The number of carbonyl (C=O) groups is 1. The molecule has 0 spiro atoms. The Morgan fingerprint density at radius 2 is 2.26 bits per heavy atom. The summed E-state index contributed by atoms with van der Waals surface area (Å²) >= 11 is 0. The number of likely N-dealkylation sites (tertiary alicyclic amines) is 1. The molecule has 0 radical (unpaired) electrons. The molecule has 2 heterocycles. The summed E-state index contributed by atoms with van der Waals surface area (Å²) in [4.78, 5) is 18.4. The average Bonchev–Trinajstić information content (AvgIpc) is 3.09. The summed E-state index contributed by atoms with van der Waals surface area (Å²) in [6.45, 7) is 3.36.